The molecule has 0 radical (unpaired) electrons. The monoisotopic (exact) mass is 217 g/mol. The van der Waals surface area contributed by atoms with Gasteiger partial charge in [-0.2, -0.15) is 0 Å². The van der Waals surface area contributed by atoms with Crippen LogP contribution in [0.2, 0.25) is 0 Å². The van der Waals surface area contributed by atoms with Crippen molar-refractivity contribution < 1.29 is 9.47 Å². The summed E-state index contributed by atoms with van der Waals surface area (Å²) in [5, 5.41) is -0.410. The molecule has 0 aliphatic rings. The lowest BCUT2D eigenvalue weighted by Gasteiger charge is -2.09. The number of rotatable bonds is 3. The van der Waals surface area contributed by atoms with Gasteiger partial charge in [0.05, 0.1) is 6.20 Å². The summed E-state index contributed by atoms with van der Waals surface area (Å²) in [6, 6.07) is 3.60. The summed E-state index contributed by atoms with van der Waals surface area (Å²) in [5.74, 6) is 0.677. The molecule has 1 aromatic rings. The third-order valence-corrected chi connectivity index (χ3v) is 1.61. The van der Waals surface area contributed by atoms with E-state index in [1.165, 1.54) is 0 Å². The third-order valence-electron chi connectivity index (χ3n) is 1.05. The van der Waals surface area contributed by atoms with Gasteiger partial charge >= 0.3 is 0 Å². The zero-order valence-electron chi connectivity index (χ0n) is 6.03. The van der Waals surface area contributed by atoms with Gasteiger partial charge in [-0.3, -0.25) is 4.98 Å². The number of halogens is 1. The lowest BCUT2D eigenvalue weighted by atomic mass is 10.5. The number of hydrogen-bond acceptors (Lipinski definition) is 3. The van der Waals surface area contributed by atoms with Crippen molar-refractivity contribution in [3.05, 3.63) is 24.5 Å². The van der Waals surface area contributed by atoms with Crippen molar-refractivity contribution in [2.75, 3.05) is 7.11 Å². The van der Waals surface area contributed by atoms with E-state index in [9.17, 15) is 0 Å². The normalized spacial score (nSPS) is 12.5. The molecular weight excluding hydrogens is 210 g/mol. The molecule has 1 rings (SSSR count). The van der Waals surface area contributed by atoms with E-state index >= 15 is 0 Å². The van der Waals surface area contributed by atoms with Crippen molar-refractivity contribution in [3.63, 3.8) is 0 Å². The first kappa shape index (κ1) is 8.49. The number of ether oxygens (including phenoxy) is 2. The molecule has 0 bridgehead atoms. The van der Waals surface area contributed by atoms with Gasteiger partial charge in [0, 0.05) is 13.3 Å². The van der Waals surface area contributed by atoms with Crippen LogP contribution in [0.15, 0.2) is 24.5 Å². The minimum Gasteiger partial charge on any atom is -0.453 e. The minimum absolute atomic E-state index is 0.410. The largest absolute Gasteiger partial charge is 0.453 e. The fourth-order valence-electron chi connectivity index (χ4n) is 0.572. The Morgan fingerprint density at radius 2 is 2.45 bits per heavy atom. The average molecular weight is 218 g/mol. The number of hydrogen-bond donors (Lipinski definition) is 0. The molecular formula is C7H8BrNO2. The van der Waals surface area contributed by atoms with E-state index in [1.54, 1.807) is 31.6 Å². The SMILES string of the molecule is COC(Br)Oc1cccnc1. The van der Waals surface area contributed by atoms with Gasteiger partial charge < -0.3 is 9.47 Å². The molecule has 0 fully saturated rings. The molecule has 0 aliphatic carbocycles. The van der Waals surface area contributed by atoms with Gasteiger partial charge in [0.1, 0.15) is 5.75 Å². The zero-order valence-corrected chi connectivity index (χ0v) is 7.61. The fourth-order valence-corrected chi connectivity index (χ4v) is 0.788. The number of alkyl halides is 1. The first-order chi connectivity index (χ1) is 5.33. The molecule has 1 aromatic heterocycles. The van der Waals surface area contributed by atoms with Crippen LogP contribution in [0.5, 0.6) is 5.75 Å². The van der Waals surface area contributed by atoms with Crippen LogP contribution in [0.1, 0.15) is 0 Å². The Kier molecular flexibility index (Phi) is 3.32. The Labute approximate surface area is 73.5 Å². The predicted octanol–water partition coefficient (Wildman–Crippen LogP) is 1.79. The summed E-state index contributed by atoms with van der Waals surface area (Å²) in [5.41, 5.74) is 0. The Balaban J connectivity index is 2.51. The van der Waals surface area contributed by atoms with E-state index < -0.39 is 5.20 Å². The molecule has 0 saturated carbocycles. The maximum absolute atomic E-state index is 5.20. The van der Waals surface area contributed by atoms with Gasteiger partial charge in [-0.05, 0) is 28.1 Å². The lowest BCUT2D eigenvalue weighted by Crippen LogP contribution is -2.09. The summed E-state index contributed by atoms with van der Waals surface area (Å²) >= 11 is 3.14. The summed E-state index contributed by atoms with van der Waals surface area (Å²) in [6.07, 6.45) is 3.30. The van der Waals surface area contributed by atoms with Gasteiger partial charge in [0.2, 0.25) is 0 Å². The quantitative estimate of drug-likeness (QED) is 0.572. The van der Waals surface area contributed by atoms with Crippen LogP contribution >= 0.6 is 15.9 Å². The standard InChI is InChI=1S/C7H8BrNO2/c1-10-7(8)11-6-3-2-4-9-5-6/h2-5,7H,1H3. The number of methoxy groups -OCH3 is 1. The first-order valence-corrected chi connectivity index (χ1v) is 3.98. The average Bonchev–Trinajstić information content (AvgIpc) is 2.06. The first-order valence-electron chi connectivity index (χ1n) is 3.06. The van der Waals surface area contributed by atoms with E-state index in [2.05, 4.69) is 20.9 Å². The maximum Gasteiger partial charge on any atom is 0.257 e. The second kappa shape index (κ2) is 4.31. The van der Waals surface area contributed by atoms with Crippen LogP contribution < -0.4 is 4.74 Å². The molecule has 4 heteroatoms. The van der Waals surface area contributed by atoms with Crippen molar-refractivity contribution >= 4 is 15.9 Å². The second-order valence-corrected chi connectivity index (χ2v) is 2.56. The Bertz CT molecular complexity index is 205. The van der Waals surface area contributed by atoms with Crippen LogP contribution in [-0.4, -0.2) is 17.3 Å². The molecule has 0 N–H and O–H groups in total. The highest BCUT2D eigenvalue weighted by Crippen LogP contribution is 2.12. The van der Waals surface area contributed by atoms with E-state index in [0.717, 1.165) is 0 Å². The molecule has 60 valence electrons. The maximum atomic E-state index is 5.20. The molecule has 3 nitrogen and oxygen atoms in total. The summed E-state index contributed by atoms with van der Waals surface area (Å²) in [6.45, 7) is 0. The van der Waals surface area contributed by atoms with Crippen LogP contribution in [-0.2, 0) is 4.74 Å². The number of pyridine rings is 1. The Morgan fingerprint density at radius 1 is 1.64 bits per heavy atom. The summed E-state index contributed by atoms with van der Waals surface area (Å²) in [7, 11) is 1.55. The van der Waals surface area contributed by atoms with Crippen molar-refractivity contribution in [2.45, 2.75) is 5.20 Å². The van der Waals surface area contributed by atoms with Crippen molar-refractivity contribution in [1.82, 2.24) is 4.98 Å². The minimum atomic E-state index is -0.410. The molecule has 1 heterocycles. The van der Waals surface area contributed by atoms with E-state index in [0.29, 0.717) is 5.75 Å². The van der Waals surface area contributed by atoms with Crippen LogP contribution in [0.3, 0.4) is 0 Å². The molecule has 1 unspecified atom stereocenters. The van der Waals surface area contributed by atoms with Gasteiger partial charge in [-0.15, -0.1) is 0 Å². The summed E-state index contributed by atoms with van der Waals surface area (Å²) in [4.78, 5) is 3.87. The highest BCUT2D eigenvalue weighted by molar-refractivity contribution is 9.09. The molecule has 0 aliphatic heterocycles. The van der Waals surface area contributed by atoms with Gasteiger partial charge in [0.15, 0.2) is 0 Å². The Hall–Kier alpha value is -0.610. The summed E-state index contributed by atoms with van der Waals surface area (Å²) < 4.78 is 10.0. The highest BCUT2D eigenvalue weighted by Gasteiger charge is 2.01. The molecule has 0 saturated heterocycles. The van der Waals surface area contributed by atoms with Gasteiger partial charge in [-0.25, -0.2) is 0 Å². The molecule has 0 aromatic carbocycles. The second-order valence-electron chi connectivity index (χ2n) is 1.82. The number of nitrogens with zero attached hydrogens (tertiary/aromatic N) is 1. The van der Waals surface area contributed by atoms with Crippen molar-refractivity contribution in [2.24, 2.45) is 0 Å². The smallest absolute Gasteiger partial charge is 0.257 e. The Morgan fingerprint density at radius 3 is 3.00 bits per heavy atom. The van der Waals surface area contributed by atoms with Crippen LogP contribution in [0.25, 0.3) is 0 Å². The van der Waals surface area contributed by atoms with E-state index in [1.807, 2.05) is 0 Å². The molecule has 1 atom stereocenters. The van der Waals surface area contributed by atoms with Crippen molar-refractivity contribution in [1.29, 1.82) is 0 Å². The van der Waals surface area contributed by atoms with E-state index in [-0.39, 0.29) is 0 Å². The fraction of sp³-hybridized carbons (Fsp3) is 0.286. The van der Waals surface area contributed by atoms with Crippen LogP contribution in [0.4, 0.5) is 0 Å². The van der Waals surface area contributed by atoms with Crippen molar-refractivity contribution in [3.8, 4) is 5.75 Å². The lowest BCUT2D eigenvalue weighted by molar-refractivity contribution is 0.0240. The van der Waals surface area contributed by atoms with E-state index in [4.69, 9.17) is 9.47 Å². The third kappa shape index (κ3) is 2.86. The van der Waals surface area contributed by atoms with Gasteiger partial charge in [-0.1, -0.05) is 0 Å². The molecule has 0 spiro atoms. The molecule has 0 amide bonds. The van der Waals surface area contributed by atoms with Crippen LogP contribution in [0, 0.1) is 0 Å². The molecule has 11 heavy (non-hydrogen) atoms. The highest BCUT2D eigenvalue weighted by atomic mass is 79.9. The zero-order chi connectivity index (χ0) is 8.10. The topological polar surface area (TPSA) is 31.4 Å². The number of aromatic nitrogens is 1. The predicted molar refractivity (Wildman–Crippen MR) is 44.6 cm³/mol. The van der Waals surface area contributed by atoms with Gasteiger partial charge in [0.25, 0.3) is 5.20 Å².